The minimum Gasteiger partial charge on any atom is -0.274 e. The Morgan fingerprint density at radius 1 is 1.12 bits per heavy atom. The van der Waals surface area contributed by atoms with Gasteiger partial charge < -0.3 is 0 Å². The van der Waals surface area contributed by atoms with E-state index in [1.165, 1.54) is 12.5 Å². The summed E-state index contributed by atoms with van der Waals surface area (Å²) in [5, 5.41) is 8.66. The molecule has 5 nitrogen and oxygen atoms in total. The van der Waals surface area contributed by atoms with Gasteiger partial charge in [-0.2, -0.15) is 10.2 Å². The fraction of sp³-hybridized carbons (Fsp3) is 0.105. The molecule has 0 spiro atoms. The molecule has 0 saturated carbocycles. The molecule has 0 saturated heterocycles. The number of nitrogens with one attached hydrogen (secondary N) is 1. The van der Waals surface area contributed by atoms with Crippen molar-refractivity contribution in [2.24, 2.45) is 5.10 Å². The van der Waals surface area contributed by atoms with Crippen LogP contribution >= 0.6 is 0 Å². The van der Waals surface area contributed by atoms with Crippen LogP contribution in [0, 0.1) is 0 Å². The van der Waals surface area contributed by atoms with Crippen molar-refractivity contribution in [3.05, 3.63) is 78.0 Å². The zero-order valence-corrected chi connectivity index (χ0v) is 13.4. The van der Waals surface area contributed by atoms with Gasteiger partial charge in [0.15, 0.2) is 0 Å². The molecule has 0 unspecified atom stereocenters. The van der Waals surface area contributed by atoms with Gasteiger partial charge in [-0.05, 0) is 5.56 Å². The van der Waals surface area contributed by atoms with Crippen LogP contribution in [0.4, 0.5) is 0 Å². The molecule has 0 aliphatic heterocycles. The lowest BCUT2D eigenvalue weighted by Crippen LogP contribution is -2.12. The minimum atomic E-state index is -0.204. The number of carbonyl (C=O) groups is 1. The third-order valence-electron chi connectivity index (χ3n) is 3.45. The monoisotopic (exact) mass is 318 g/mol. The lowest BCUT2D eigenvalue weighted by Gasteiger charge is -2.01. The van der Waals surface area contributed by atoms with E-state index in [4.69, 9.17) is 0 Å². The molecule has 0 aliphatic rings. The summed E-state index contributed by atoms with van der Waals surface area (Å²) in [6.07, 6.45) is 3.55. The molecular weight excluding hydrogens is 300 g/mol. The van der Waals surface area contributed by atoms with Crippen LogP contribution in [-0.2, 0) is 11.3 Å². The summed E-state index contributed by atoms with van der Waals surface area (Å²) in [6.45, 7) is 2.10. The van der Waals surface area contributed by atoms with Crippen LogP contribution < -0.4 is 5.43 Å². The van der Waals surface area contributed by atoms with Crippen molar-refractivity contribution in [3.8, 4) is 11.3 Å². The van der Waals surface area contributed by atoms with Crippen LogP contribution in [0.1, 0.15) is 18.1 Å². The maximum Gasteiger partial charge on any atom is 0.236 e. The maximum atomic E-state index is 11.0. The zero-order chi connectivity index (χ0) is 16.8. The average molecular weight is 318 g/mol. The predicted molar refractivity (Wildman–Crippen MR) is 94.6 cm³/mol. The van der Waals surface area contributed by atoms with E-state index in [1.54, 1.807) is 6.21 Å². The first-order valence-corrected chi connectivity index (χ1v) is 7.69. The third kappa shape index (κ3) is 3.95. The summed E-state index contributed by atoms with van der Waals surface area (Å²) in [5.74, 6) is -0.204. The minimum absolute atomic E-state index is 0.204. The van der Waals surface area contributed by atoms with E-state index in [2.05, 4.69) is 27.8 Å². The molecule has 0 aliphatic carbocycles. The Hall–Kier alpha value is -3.21. The molecule has 2 aromatic carbocycles. The van der Waals surface area contributed by atoms with Gasteiger partial charge in [-0.25, -0.2) is 5.43 Å². The third-order valence-corrected chi connectivity index (χ3v) is 3.45. The highest BCUT2D eigenvalue weighted by Crippen LogP contribution is 2.21. The highest BCUT2D eigenvalue weighted by atomic mass is 16.2. The summed E-state index contributed by atoms with van der Waals surface area (Å²) >= 11 is 0. The summed E-state index contributed by atoms with van der Waals surface area (Å²) in [7, 11) is 0. The Morgan fingerprint density at radius 3 is 2.46 bits per heavy atom. The largest absolute Gasteiger partial charge is 0.274 e. The number of amides is 1. The quantitative estimate of drug-likeness (QED) is 0.580. The SMILES string of the molecule is CC(=O)N/N=C\c1cn(Cc2ccccc2)nc1-c1ccccc1. The highest BCUT2D eigenvalue weighted by molar-refractivity contribution is 5.89. The molecule has 5 heteroatoms. The van der Waals surface area contributed by atoms with Gasteiger partial charge in [-0.15, -0.1) is 0 Å². The van der Waals surface area contributed by atoms with Crippen molar-refractivity contribution in [3.63, 3.8) is 0 Å². The molecule has 3 aromatic rings. The van der Waals surface area contributed by atoms with E-state index >= 15 is 0 Å². The van der Waals surface area contributed by atoms with E-state index in [-0.39, 0.29) is 5.91 Å². The van der Waals surface area contributed by atoms with E-state index < -0.39 is 0 Å². The molecule has 0 atom stereocenters. The molecule has 1 amide bonds. The Kier molecular flexibility index (Phi) is 4.81. The lowest BCUT2D eigenvalue weighted by atomic mass is 10.1. The average Bonchev–Trinajstić information content (AvgIpc) is 2.99. The second kappa shape index (κ2) is 7.37. The molecule has 1 heterocycles. The van der Waals surface area contributed by atoms with Crippen molar-refractivity contribution in [2.75, 3.05) is 0 Å². The Labute approximate surface area is 140 Å². The summed E-state index contributed by atoms with van der Waals surface area (Å²) in [6, 6.07) is 20.1. The van der Waals surface area contributed by atoms with E-state index in [9.17, 15) is 4.79 Å². The van der Waals surface area contributed by atoms with Crippen LogP contribution in [0.5, 0.6) is 0 Å². The molecule has 24 heavy (non-hydrogen) atoms. The van der Waals surface area contributed by atoms with E-state index in [1.807, 2.05) is 59.4 Å². The summed E-state index contributed by atoms with van der Waals surface area (Å²) in [5.41, 5.74) is 6.29. The fourth-order valence-electron chi connectivity index (χ4n) is 2.40. The molecule has 1 N–H and O–H groups in total. The summed E-state index contributed by atoms with van der Waals surface area (Å²) in [4.78, 5) is 11.0. The summed E-state index contributed by atoms with van der Waals surface area (Å²) < 4.78 is 1.88. The smallest absolute Gasteiger partial charge is 0.236 e. The topological polar surface area (TPSA) is 59.3 Å². The highest BCUT2D eigenvalue weighted by Gasteiger charge is 2.10. The zero-order valence-electron chi connectivity index (χ0n) is 13.4. The van der Waals surface area contributed by atoms with Crippen molar-refractivity contribution in [1.82, 2.24) is 15.2 Å². The van der Waals surface area contributed by atoms with Gasteiger partial charge >= 0.3 is 0 Å². The number of hydrogen-bond donors (Lipinski definition) is 1. The molecular formula is C19H18N4O. The van der Waals surface area contributed by atoms with Crippen molar-refractivity contribution in [2.45, 2.75) is 13.5 Å². The first-order chi connectivity index (χ1) is 11.7. The normalized spacial score (nSPS) is 10.9. The maximum absolute atomic E-state index is 11.0. The lowest BCUT2D eigenvalue weighted by molar-refractivity contribution is -0.118. The molecule has 0 bridgehead atoms. The number of carbonyl (C=O) groups excluding carboxylic acids is 1. The van der Waals surface area contributed by atoms with Gasteiger partial charge in [0.1, 0.15) is 5.69 Å². The standard InChI is InChI=1S/C19H18N4O/c1-15(24)21-20-12-18-14-23(13-16-8-4-2-5-9-16)22-19(18)17-10-6-3-7-11-17/h2-12,14H,13H2,1H3,(H,21,24)/b20-12-. The van der Waals surface area contributed by atoms with Gasteiger partial charge in [0, 0.05) is 24.2 Å². The Morgan fingerprint density at radius 2 is 1.79 bits per heavy atom. The van der Waals surface area contributed by atoms with Crippen molar-refractivity contribution >= 4 is 12.1 Å². The van der Waals surface area contributed by atoms with E-state index in [0.29, 0.717) is 6.54 Å². The van der Waals surface area contributed by atoms with Crippen LogP contribution in [-0.4, -0.2) is 21.9 Å². The molecule has 120 valence electrons. The van der Waals surface area contributed by atoms with Gasteiger partial charge in [0.2, 0.25) is 5.91 Å². The second-order valence-electron chi connectivity index (χ2n) is 5.41. The molecule has 0 fully saturated rings. The second-order valence-corrected chi connectivity index (χ2v) is 5.41. The number of nitrogens with zero attached hydrogens (tertiary/aromatic N) is 3. The van der Waals surface area contributed by atoms with Crippen LogP contribution in [0.15, 0.2) is 72.0 Å². The van der Waals surface area contributed by atoms with Gasteiger partial charge in [0.05, 0.1) is 12.8 Å². The van der Waals surface area contributed by atoms with Gasteiger partial charge in [-0.3, -0.25) is 9.48 Å². The first kappa shape index (κ1) is 15.7. The number of hydrogen-bond acceptors (Lipinski definition) is 3. The fourth-order valence-corrected chi connectivity index (χ4v) is 2.40. The number of rotatable bonds is 5. The van der Waals surface area contributed by atoms with Gasteiger partial charge in [-0.1, -0.05) is 60.7 Å². The predicted octanol–water partition coefficient (Wildman–Crippen LogP) is 3.07. The first-order valence-electron chi connectivity index (χ1n) is 7.69. The van der Waals surface area contributed by atoms with Crippen molar-refractivity contribution in [1.29, 1.82) is 0 Å². The molecule has 1 aromatic heterocycles. The number of aromatic nitrogens is 2. The number of hydrazone groups is 1. The Bertz CT molecular complexity index is 838. The number of benzene rings is 2. The van der Waals surface area contributed by atoms with Crippen LogP contribution in [0.2, 0.25) is 0 Å². The van der Waals surface area contributed by atoms with Crippen LogP contribution in [0.3, 0.4) is 0 Å². The van der Waals surface area contributed by atoms with Crippen LogP contribution in [0.25, 0.3) is 11.3 Å². The van der Waals surface area contributed by atoms with Crippen molar-refractivity contribution < 1.29 is 4.79 Å². The van der Waals surface area contributed by atoms with Gasteiger partial charge in [0.25, 0.3) is 0 Å². The van der Waals surface area contributed by atoms with E-state index in [0.717, 1.165) is 16.8 Å². The molecule has 3 rings (SSSR count). The Balaban J connectivity index is 1.93. The molecule has 0 radical (unpaired) electrons.